The number of aromatic nitrogens is 5. The highest BCUT2D eigenvalue weighted by molar-refractivity contribution is 9.10. The molecule has 0 spiro atoms. The van der Waals surface area contributed by atoms with Crippen LogP contribution in [0.1, 0.15) is 40.4 Å². The normalized spacial score (nSPS) is 12.5. The molecule has 13 heteroatoms. The Hall–Kier alpha value is -3.19. The van der Waals surface area contributed by atoms with Crippen LogP contribution in [-0.4, -0.2) is 43.0 Å². The number of carbonyl (C=O) groups excluding carboxylic acids is 1. The molecule has 0 bridgehead atoms. The number of pyridine rings is 2. The SMILES string of the molecule is CNc1nc2ncc(C(=O)N(Cc3ccc(C(F)(F)F)nn3)C(C)c3cscn3)cc2cc1Br. The molecule has 8 nitrogen and oxygen atoms in total. The number of hydrogen-bond donors (Lipinski definition) is 1. The summed E-state index contributed by atoms with van der Waals surface area (Å²) in [4.78, 5) is 28.0. The van der Waals surface area contributed by atoms with Gasteiger partial charge in [-0.1, -0.05) is 0 Å². The van der Waals surface area contributed by atoms with E-state index >= 15 is 0 Å². The molecule has 0 aliphatic rings. The van der Waals surface area contributed by atoms with Crippen molar-refractivity contribution < 1.29 is 18.0 Å². The van der Waals surface area contributed by atoms with Crippen molar-refractivity contribution >= 4 is 50.0 Å². The molecule has 1 amide bonds. The number of amides is 1. The highest BCUT2D eigenvalue weighted by Gasteiger charge is 2.33. The van der Waals surface area contributed by atoms with E-state index in [9.17, 15) is 18.0 Å². The molecule has 176 valence electrons. The standard InChI is InChI=1S/C21H17BrF3N7OS/c1-11(16-9-34-10-28-16)32(8-14-3-4-17(31-30-14)21(23,24)25)20(33)13-5-12-6-15(22)19(26-2)29-18(12)27-7-13/h3-7,9-11H,8H2,1-2H3,(H,26,27,29). The van der Waals surface area contributed by atoms with Crippen LogP contribution in [0.4, 0.5) is 19.0 Å². The summed E-state index contributed by atoms with van der Waals surface area (Å²) in [5, 5.41) is 12.4. The lowest BCUT2D eigenvalue weighted by atomic mass is 10.1. The Kier molecular flexibility index (Phi) is 6.75. The van der Waals surface area contributed by atoms with E-state index in [0.29, 0.717) is 32.6 Å². The highest BCUT2D eigenvalue weighted by atomic mass is 79.9. The zero-order chi connectivity index (χ0) is 24.5. The Balaban J connectivity index is 1.69. The first-order chi connectivity index (χ1) is 16.2. The summed E-state index contributed by atoms with van der Waals surface area (Å²) in [5.41, 5.74) is 2.15. The third-order valence-corrected chi connectivity index (χ3v) is 6.26. The third kappa shape index (κ3) is 4.99. The number of nitrogens with one attached hydrogen (secondary N) is 1. The number of nitrogens with zero attached hydrogens (tertiary/aromatic N) is 6. The summed E-state index contributed by atoms with van der Waals surface area (Å²) in [5.74, 6) is 0.226. The zero-order valence-electron chi connectivity index (χ0n) is 17.8. The summed E-state index contributed by atoms with van der Waals surface area (Å²) in [7, 11) is 1.73. The van der Waals surface area contributed by atoms with E-state index in [0.717, 1.165) is 6.07 Å². The van der Waals surface area contributed by atoms with Gasteiger partial charge in [-0.3, -0.25) is 4.79 Å². The molecule has 0 saturated heterocycles. The number of carbonyl (C=O) groups is 1. The Morgan fingerprint density at radius 3 is 2.65 bits per heavy atom. The maximum absolute atomic E-state index is 13.6. The minimum Gasteiger partial charge on any atom is -0.372 e. The predicted molar refractivity (Wildman–Crippen MR) is 124 cm³/mol. The predicted octanol–water partition coefficient (Wildman–Crippen LogP) is 5.10. The van der Waals surface area contributed by atoms with Gasteiger partial charge in [0, 0.05) is 24.0 Å². The van der Waals surface area contributed by atoms with Crippen LogP contribution >= 0.6 is 27.3 Å². The van der Waals surface area contributed by atoms with Crippen molar-refractivity contribution in [3.63, 3.8) is 0 Å². The molecular weight excluding hydrogens is 535 g/mol. The van der Waals surface area contributed by atoms with Gasteiger partial charge in [-0.05, 0) is 47.1 Å². The lowest BCUT2D eigenvalue weighted by Crippen LogP contribution is -2.34. The smallest absolute Gasteiger partial charge is 0.372 e. The van der Waals surface area contributed by atoms with Crippen LogP contribution in [0.5, 0.6) is 0 Å². The molecule has 0 saturated carbocycles. The molecule has 0 fully saturated rings. The Morgan fingerprint density at radius 1 is 1.24 bits per heavy atom. The second-order valence-corrected chi connectivity index (χ2v) is 8.84. The largest absolute Gasteiger partial charge is 0.435 e. The molecular formula is C21H17BrF3N7OS. The fourth-order valence-electron chi connectivity index (χ4n) is 3.24. The average Bonchev–Trinajstić information content (AvgIpc) is 3.35. The van der Waals surface area contributed by atoms with Crippen molar-refractivity contribution in [3.8, 4) is 0 Å². The Morgan fingerprint density at radius 2 is 2.03 bits per heavy atom. The van der Waals surface area contributed by atoms with Gasteiger partial charge < -0.3 is 10.2 Å². The van der Waals surface area contributed by atoms with Gasteiger partial charge in [0.25, 0.3) is 5.91 Å². The minimum atomic E-state index is -4.60. The monoisotopic (exact) mass is 551 g/mol. The summed E-state index contributed by atoms with van der Waals surface area (Å²) >= 11 is 4.81. The molecule has 4 aromatic heterocycles. The van der Waals surface area contributed by atoms with Crippen molar-refractivity contribution in [2.45, 2.75) is 25.7 Å². The average molecular weight is 552 g/mol. The van der Waals surface area contributed by atoms with Crippen molar-refractivity contribution in [2.24, 2.45) is 0 Å². The molecule has 1 atom stereocenters. The molecule has 0 aliphatic heterocycles. The lowest BCUT2D eigenvalue weighted by molar-refractivity contribution is -0.141. The van der Waals surface area contributed by atoms with E-state index in [2.05, 4.69) is 46.4 Å². The maximum atomic E-state index is 13.6. The van der Waals surface area contributed by atoms with Gasteiger partial charge in [0.15, 0.2) is 11.3 Å². The molecule has 1 unspecified atom stereocenters. The Bertz CT molecular complexity index is 1320. The highest BCUT2D eigenvalue weighted by Crippen LogP contribution is 2.29. The quantitative estimate of drug-likeness (QED) is 0.356. The number of thiazole rings is 1. The minimum absolute atomic E-state index is 0.0681. The van der Waals surface area contributed by atoms with E-state index in [1.807, 2.05) is 5.38 Å². The summed E-state index contributed by atoms with van der Waals surface area (Å²) in [6, 6.07) is 5.05. The van der Waals surface area contributed by atoms with Gasteiger partial charge >= 0.3 is 6.18 Å². The zero-order valence-corrected chi connectivity index (χ0v) is 20.2. The van der Waals surface area contributed by atoms with Gasteiger partial charge in [-0.2, -0.15) is 18.3 Å². The van der Waals surface area contributed by atoms with Crippen LogP contribution in [0.2, 0.25) is 0 Å². The van der Waals surface area contributed by atoms with E-state index in [1.165, 1.54) is 28.5 Å². The number of rotatable bonds is 6. The molecule has 0 radical (unpaired) electrons. The van der Waals surface area contributed by atoms with Crippen LogP contribution in [0, 0.1) is 0 Å². The molecule has 4 heterocycles. The fraction of sp³-hybridized carbons (Fsp3) is 0.238. The van der Waals surface area contributed by atoms with Crippen LogP contribution < -0.4 is 5.32 Å². The van der Waals surface area contributed by atoms with Crippen molar-refractivity contribution in [1.29, 1.82) is 0 Å². The van der Waals surface area contributed by atoms with Gasteiger partial charge in [0.05, 0.1) is 39.5 Å². The van der Waals surface area contributed by atoms with Gasteiger partial charge in [-0.25, -0.2) is 15.0 Å². The van der Waals surface area contributed by atoms with E-state index in [4.69, 9.17) is 0 Å². The van der Waals surface area contributed by atoms with Crippen LogP contribution in [-0.2, 0) is 12.7 Å². The van der Waals surface area contributed by atoms with Crippen molar-refractivity contribution in [2.75, 3.05) is 12.4 Å². The topological polar surface area (TPSA) is 96.8 Å². The molecule has 0 aliphatic carbocycles. The molecule has 34 heavy (non-hydrogen) atoms. The summed E-state index contributed by atoms with van der Waals surface area (Å²) in [6.07, 6.45) is -3.18. The second-order valence-electron chi connectivity index (χ2n) is 7.27. The fourth-order valence-corrected chi connectivity index (χ4v) is 4.41. The van der Waals surface area contributed by atoms with Crippen molar-refractivity contribution in [1.82, 2.24) is 30.0 Å². The number of fused-ring (bicyclic) bond motifs is 1. The first kappa shape index (κ1) is 24.0. The molecule has 4 rings (SSSR count). The number of anilines is 1. The lowest BCUT2D eigenvalue weighted by Gasteiger charge is -2.28. The number of hydrogen-bond acceptors (Lipinski definition) is 8. The van der Waals surface area contributed by atoms with E-state index in [-0.39, 0.29) is 18.1 Å². The number of halogens is 4. The van der Waals surface area contributed by atoms with Crippen LogP contribution in [0.25, 0.3) is 11.0 Å². The maximum Gasteiger partial charge on any atom is 0.435 e. The van der Waals surface area contributed by atoms with Gasteiger partial charge in [0.2, 0.25) is 0 Å². The summed E-state index contributed by atoms with van der Waals surface area (Å²) in [6.45, 7) is 1.72. The molecule has 4 aromatic rings. The van der Waals surface area contributed by atoms with E-state index < -0.39 is 17.9 Å². The van der Waals surface area contributed by atoms with Crippen molar-refractivity contribution in [3.05, 3.63) is 68.5 Å². The first-order valence-corrected chi connectivity index (χ1v) is 11.6. The number of alkyl halides is 3. The molecule has 0 aromatic carbocycles. The van der Waals surface area contributed by atoms with Crippen LogP contribution in [0.15, 0.2) is 45.8 Å². The van der Waals surface area contributed by atoms with Gasteiger partial charge in [0.1, 0.15) is 5.82 Å². The summed E-state index contributed by atoms with van der Waals surface area (Å²) < 4.78 is 39.3. The second kappa shape index (κ2) is 9.58. The van der Waals surface area contributed by atoms with E-state index in [1.54, 1.807) is 31.6 Å². The van der Waals surface area contributed by atoms with Gasteiger partial charge in [-0.15, -0.1) is 16.4 Å². The first-order valence-electron chi connectivity index (χ1n) is 9.90. The molecule has 1 N–H and O–H groups in total. The van der Waals surface area contributed by atoms with Crippen LogP contribution in [0.3, 0.4) is 0 Å². The third-order valence-electron chi connectivity index (χ3n) is 5.06. The Labute approximate surface area is 204 Å².